The predicted octanol–water partition coefficient (Wildman–Crippen LogP) is 2.02. The first-order chi connectivity index (χ1) is 5.74. The van der Waals surface area contributed by atoms with Gasteiger partial charge in [-0.05, 0) is 13.8 Å². The van der Waals surface area contributed by atoms with Gasteiger partial charge in [-0.25, -0.2) is 4.79 Å². The van der Waals surface area contributed by atoms with E-state index in [0.717, 1.165) is 6.08 Å². The first kappa shape index (κ1) is 11.6. The summed E-state index contributed by atoms with van der Waals surface area (Å²) in [6, 6.07) is 0. The first-order valence-electron chi connectivity index (χ1n) is 3.64. The minimum Gasteiger partial charge on any atom is -0.391 e. The van der Waals surface area contributed by atoms with E-state index in [9.17, 15) is 4.79 Å². The van der Waals surface area contributed by atoms with Crippen molar-refractivity contribution in [2.45, 2.75) is 13.8 Å². The van der Waals surface area contributed by atoms with E-state index in [1.165, 1.54) is 0 Å². The Morgan fingerprint density at radius 3 is 2.25 bits per heavy atom. The van der Waals surface area contributed by atoms with Gasteiger partial charge in [-0.15, -0.1) is 0 Å². The Kier molecular flexibility index (Phi) is 6.96. The Balaban J connectivity index is 3.76. The third kappa shape index (κ3) is 5.24. The summed E-state index contributed by atoms with van der Waals surface area (Å²) in [5.74, 6) is -0.525. The van der Waals surface area contributed by atoms with Crippen molar-refractivity contribution in [1.29, 1.82) is 0 Å². The maximum atomic E-state index is 10.7. The molecule has 0 aliphatic carbocycles. The second kappa shape index (κ2) is 7.22. The van der Waals surface area contributed by atoms with E-state index in [-0.39, 0.29) is 0 Å². The molecule has 0 amide bonds. The molecule has 0 saturated carbocycles. The standard InChI is InChI=1S/C7H13O4P/c1-4-7(8)11-12(9-5-2)10-6-3/h4H,1,5-6H2,2-3H3. The van der Waals surface area contributed by atoms with Gasteiger partial charge in [0.05, 0.1) is 13.2 Å². The lowest BCUT2D eigenvalue weighted by Crippen LogP contribution is -2.00. The Morgan fingerprint density at radius 1 is 1.42 bits per heavy atom. The summed E-state index contributed by atoms with van der Waals surface area (Å²) in [6.45, 7) is 7.77. The van der Waals surface area contributed by atoms with Crippen LogP contribution in [0.1, 0.15) is 13.8 Å². The van der Waals surface area contributed by atoms with Crippen LogP contribution < -0.4 is 0 Å². The second-order valence-corrected chi connectivity index (χ2v) is 2.82. The average molecular weight is 192 g/mol. The van der Waals surface area contributed by atoms with Crippen LogP contribution >= 0.6 is 8.60 Å². The van der Waals surface area contributed by atoms with Gasteiger partial charge in [0, 0.05) is 6.08 Å². The number of hydrogen-bond donors (Lipinski definition) is 0. The molecule has 0 aromatic heterocycles. The van der Waals surface area contributed by atoms with E-state index in [1.54, 1.807) is 13.8 Å². The molecule has 0 heterocycles. The van der Waals surface area contributed by atoms with Crippen LogP contribution in [0.5, 0.6) is 0 Å². The zero-order valence-corrected chi connectivity index (χ0v) is 8.17. The number of hydrogen-bond acceptors (Lipinski definition) is 4. The quantitative estimate of drug-likeness (QED) is 0.477. The molecule has 0 spiro atoms. The van der Waals surface area contributed by atoms with Gasteiger partial charge in [0.25, 0.3) is 0 Å². The lowest BCUT2D eigenvalue weighted by molar-refractivity contribution is -0.129. The average Bonchev–Trinajstić information content (AvgIpc) is 2.05. The molecule has 0 aliphatic heterocycles. The zero-order valence-electron chi connectivity index (χ0n) is 7.28. The minimum absolute atomic E-state index is 0.454. The highest BCUT2D eigenvalue weighted by Gasteiger charge is 2.14. The lowest BCUT2D eigenvalue weighted by Gasteiger charge is -2.12. The van der Waals surface area contributed by atoms with Crippen LogP contribution in [0.4, 0.5) is 0 Å². The SMILES string of the molecule is C=CC(=O)OP(OCC)OCC. The molecular weight excluding hydrogens is 179 g/mol. The van der Waals surface area contributed by atoms with Crippen molar-refractivity contribution in [2.75, 3.05) is 13.2 Å². The fraction of sp³-hybridized carbons (Fsp3) is 0.571. The molecule has 0 radical (unpaired) electrons. The Bertz CT molecular complexity index is 142. The van der Waals surface area contributed by atoms with E-state index in [2.05, 4.69) is 6.58 Å². The van der Waals surface area contributed by atoms with E-state index < -0.39 is 14.6 Å². The molecule has 12 heavy (non-hydrogen) atoms. The molecule has 0 unspecified atom stereocenters. The molecule has 0 atom stereocenters. The van der Waals surface area contributed by atoms with Crippen molar-refractivity contribution in [2.24, 2.45) is 0 Å². The maximum absolute atomic E-state index is 10.7. The smallest absolute Gasteiger partial charge is 0.391 e. The summed E-state index contributed by atoms with van der Waals surface area (Å²) in [7, 11) is -1.53. The highest BCUT2D eigenvalue weighted by molar-refractivity contribution is 7.42. The van der Waals surface area contributed by atoms with Gasteiger partial charge in [-0.3, -0.25) is 0 Å². The fourth-order valence-electron chi connectivity index (χ4n) is 0.412. The van der Waals surface area contributed by atoms with Crippen molar-refractivity contribution >= 4 is 14.6 Å². The van der Waals surface area contributed by atoms with Crippen LogP contribution in [-0.2, 0) is 18.4 Å². The van der Waals surface area contributed by atoms with Crippen molar-refractivity contribution in [1.82, 2.24) is 0 Å². The molecule has 0 saturated heterocycles. The van der Waals surface area contributed by atoms with Crippen LogP contribution in [0.25, 0.3) is 0 Å². The highest BCUT2D eigenvalue weighted by Crippen LogP contribution is 2.39. The molecule has 0 N–H and O–H groups in total. The number of carbonyl (C=O) groups is 1. The highest BCUT2D eigenvalue weighted by atomic mass is 31.2. The van der Waals surface area contributed by atoms with Crippen LogP contribution in [0, 0.1) is 0 Å². The summed E-state index contributed by atoms with van der Waals surface area (Å²) in [4.78, 5) is 10.7. The van der Waals surface area contributed by atoms with Crippen molar-refractivity contribution in [3.8, 4) is 0 Å². The Morgan fingerprint density at radius 2 is 1.92 bits per heavy atom. The molecule has 0 aromatic rings. The van der Waals surface area contributed by atoms with E-state index in [4.69, 9.17) is 13.6 Å². The van der Waals surface area contributed by atoms with Gasteiger partial charge in [0.2, 0.25) is 0 Å². The van der Waals surface area contributed by atoms with Crippen molar-refractivity contribution < 1.29 is 18.4 Å². The Hall–Kier alpha value is -0.440. The topological polar surface area (TPSA) is 44.8 Å². The van der Waals surface area contributed by atoms with Crippen LogP contribution in [0.2, 0.25) is 0 Å². The molecule has 0 fully saturated rings. The molecular formula is C7H13O4P. The molecule has 5 heteroatoms. The summed E-state index contributed by atoms with van der Waals surface area (Å²) in [6.07, 6.45) is 1.08. The van der Waals surface area contributed by atoms with Crippen LogP contribution in [0.3, 0.4) is 0 Å². The number of rotatable bonds is 6. The normalized spacial score (nSPS) is 9.92. The lowest BCUT2D eigenvalue weighted by atomic mass is 10.7. The van der Waals surface area contributed by atoms with Gasteiger partial charge in [0.1, 0.15) is 0 Å². The van der Waals surface area contributed by atoms with Gasteiger partial charge >= 0.3 is 14.6 Å². The van der Waals surface area contributed by atoms with E-state index in [0.29, 0.717) is 13.2 Å². The third-order valence-electron chi connectivity index (χ3n) is 0.800. The molecule has 0 aliphatic rings. The number of carbonyl (C=O) groups excluding carboxylic acids is 1. The summed E-state index contributed by atoms with van der Waals surface area (Å²) in [5, 5.41) is 0. The molecule has 0 rings (SSSR count). The first-order valence-corrected chi connectivity index (χ1v) is 4.74. The van der Waals surface area contributed by atoms with Crippen LogP contribution in [0.15, 0.2) is 12.7 Å². The van der Waals surface area contributed by atoms with E-state index >= 15 is 0 Å². The Labute approximate surface area is 73.5 Å². The predicted molar refractivity (Wildman–Crippen MR) is 46.5 cm³/mol. The van der Waals surface area contributed by atoms with Gasteiger partial charge in [-0.2, -0.15) is 0 Å². The second-order valence-electron chi connectivity index (χ2n) is 1.67. The van der Waals surface area contributed by atoms with E-state index in [1.807, 2.05) is 0 Å². The minimum atomic E-state index is -1.53. The summed E-state index contributed by atoms with van der Waals surface area (Å²) >= 11 is 0. The fourth-order valence-corrected chi connectivity index (χ4v) is 1.23. The maximum Gasteiger partial charge on any atom is 0.399 e. The van der Waals surface area contributed by atoms with Gasteiger partial charge < -0.3 is 13.6 Å². The molecule has 70 valence electrons. The molecule has 0 bridgehead atoms. The third-order valence-corrected chi connectivity index (χ3v) is 2.07. The molecule has 0 aromatic carbocycles. The van der Waals surface area contributed by atoms with Crippen LogP contribution in [-0.4, -0.2) is 19.2 Å². The zero-order chi connectivity index (χ0) is 9.40. The molecule has 4 nitrogen and oxygen atoms in total. The van der Waals surface area contributed by atoms with Crippen molar-refractivity contribution in [3.63, 3.8) is 0 Å². The summed E-state index contributed by atoms with van der Waals surface area (Å²) < 4.78 is 14.8. The monoisotopic (exact) mass is 192 g/mol. The van der Waals surface area contributed by atoms with Crippen molar-refractivity contribution in [3.05, 3.63) is 12.7 Å². The largest absolute Gasteiger partial charge is 0.399 e. The van der Waals surface area contributed by atoms with Gasteiger partial charge in [-0.1, -0.05) is 6.58 Å². The summed E-state index contributed by atoms with van der Waals surface area (Å²) in [5.41, 5.74) is 0. The van der Waals surface area contributed by atoms with Gasteiger partial charge in [0.15, 0.2) is 0 Å².